The van der Waals surface area contributed by atoms with E-state index in [9.17, 15) is 4.79 Å². The second kappa shape index (κ2) is 11.1. The number of piperidine rings is 1. The second-order valence-electron chi connectivity index (χ2n) is 11.5. The Morgan fingerprint density at radius 2 is 1.76 bits per heavy atom. The second-order valence-corrected chi connectivity index (χ2v) is 11.5. The molecule has 2 aromatic carbocycles. The molecule has 1 atom stereocenters. The summed E-state index contributed by atoms with van der Waals surface area (Å²) in [5, 5.41) is 7.28. The van der Waals surface area contributed by atoms with Gasteiger partial charge in [-0.1, -0.05) is 50.2 Å². The molecule has 7 nitrogen and oxygen atoms in total. The average Bonchev–Trinajstić information content (AvgIpc) is 3.57. The number of amides is 1. The molecular formula is C30H38N4O3. The zero-order valence-electron chi connectivity index (χ0n) is 22.2. The van der Waals surface area contributed by atoms with E-state index in [-0.39, 0.29) is 17.2 Å². The molecule has 0 spiro atoms. The highest BCUT2D eigenvalue weighted by Gasteiger charge is 2.27. The van der Waals surface area contributed by atoms with Gasteiger partial charge in [0.2, 0.25) is 17.6 Å². The van der Waals surface area contributed by atoms with Crippen LogP contribution in [0.2, 0.25) is 0 Å². The quantitative estimate of drug-likeness (QED) is 0.414. The monoisotopic (exact) mass is 502 g/mol. The van der Waals surface area contributed by atoms with Crippen LogP contribution in [0.25, 0.3) is 11.4 Å². The molecular weight excluding hydrogens is 464 g/mol. The molecule has 2 aliphatic rings. The van der Waals surface area contributed by atoms with Crippen LogP contribution in [-0.2, 0) is 16.8 Å². The van der Waals surface area contributed by atoms with Gasteiger partial charge in [-0.2, -0.15) is 4.98 Å². The van der Waals surface area contributed by atoms with Crippen LogP contribution in [0, 0.1) is 5.92 Å². The van der Waals surface area contributed by atoms with Crippen LogP contribution >= 0.6 is 0 Å². The predicted molar refractivity (Wildman–Crippen MR) is 144 cm³/mol. The highest BCUT2D eigenvalue weighted by atomic mass is 16.5. The van der Waals surface area contributed by atoms with E-state index in [1.807, 2.05) is 36.4 Å². The zero-order valence-corrected chi connectivity index (χ0v) is 22.2. The first kappa shape index (κ1) is 25.5. The van der Waals surface area contributed by atoms with Crippen molar-refractivity contribution in [1.29, 1.82) is 0 Å². The first-order valence-electron chi connectivity index (χ1n) is 13.6. The first-order valence-corrected chi connectivity index (χ1v) is 13.6. The third kappa shape index (κ3) is 6.58. The van der Waals surface area contributed by atoms with Gasteiger partial charge in [-0.15, -0.1) is 0 Å². The maximum absolute atomic E-state index is 13.0. The van der Waals surface area contributed by atoms with E-state index in [0.717, 1.165) is 49.2 Å². The van der Waals surface area contributed by atoms with Crippen molar-refractivity contribution in [2.75, 3.05) is 18.4 Å². The van der Waals surface area contributed by atoms with Gasteiger partial charge in [-0.05, 0) is 80.3 Å². The molecule has 2 fully saturated rings. The number of hydrogen-bond donors (Lipinski definition) is 1. The largest absolute Gasteiger partial charge is 0.490 e. The average molecular weight is 503 g/mol. The van der Waals surface area contributed by atoms with E-state index in [2.05, 4.69) is 53.3 Å². The number of aromatic nitrogens is 2. The Morgan fingerprint density at radius 3 is 2.46 bits per heavy atom. The van der Waals surface area contributed by atoms with Crippen LogP contribution in [0.5, 0.6) is 5.75 Å². The minimum Gasteiger partial charge on any atom is -0.490 e. The van der Waals surface area contributed by atoms with Crippen LogP contribution in [-0.4, -0.2) is 40.1 Å². The molecule has 1 unspecified atom stereocenters. The fourth-order valence-electron chi connectivity index (χ4n) is 5.22. The molecule has 196 valence electrons. The third-order valence-corrected chi connectivity index (χ3v) is 7.44. The fraction of sp³-hybridized carbons (Fsp3) is 0.500. The van der Waals surface area contributed by atoms with Gasteiger partial charge in [0.15, 0.2) is 0 Å². The Balaban J connectivity index is 1.13. The molecule has 5 rings (SSSR count). The Kier molecular flexibility index (Phi) is 7.60. The zero-order chi connectivity index (χ0) is 25.8. The molecule has 1 N–H and O–H groups in total. The summed E-state index contributed by atoms with van der Waals surface area (Å²) in [5.74, 6) is 2.03. The number of hydrogen-bond acceptors (Lipinski definition) is 6. The lowest BCUT2D eigenvalue weighted by molar-refractivity contribution is -0.121. The molecule has 1 saturated heterocycles. The van der Waals surface area contributed by atoms with E-state index in [4.69, 9.17) is 9.26 Å². The molecule has 1 saturated carbocycles. The van der Waals surface area contributed by atoms with Gasteiger partial charge < -0.3 is 14.6 Å². The van der Waals surface area contributed by atoms with Crippen molar-refractivity contribution in [1.82, 2.24) is 15.0 Å². The van der Waals surface area contributed by atoms with Crippen molar-refractivity contribution in [2.24, 2.45) is 5.92 Å². The van der Waals surface area contributed by atoms with Crippen LogP contribution in [0.3, 0.4) is 0 Å². The molecule has 1 aliphatic carbocycles. The summed E-state index contributed by atoms with van der Waals surface area (Å²) in [5.41, 5.74) is 3.12. The number of rotatable bonds is 7. The van der Waals surface area contributed by atoms with E-state index in [1.54, 1.807) is 0 Å². The molecule has 2 heterocycles. The number of ether oxygens (including phenoxy) is 1. The van der Waals surface area contributed by atoms with E-state index in [0.29, 0.717) is 30.9 Å². The molecule has 0 bridgehead atoms. The van der Waals surface area contributed by atoms with Crippen molar-refractivity contribution >= 4 is 11.6 Å². The number of carbonyl (C=O) groups is 1. The minimum absolute atomic E-state index is 0.0549. The maximum Gasteiger partial charge on any atom is 0.241 e. The standard InChI is InChI=1S/C30H38N4O3/c1-30(2,3)23-12-10-21(11-13-23)28-32-27(37-33-28)20-34-18-6-7-22(19-34)29(35)31-24-14-16-26(17-15-24)36-25-8-4-5-9-25/h10-17,22,25H,4-9,18-20H2,1-3H3,(H,31,35). The van der Waals surface area contributed by atoms with Gasteiger partial charge in [0.25, 0.3) is 0 Å². The van der Waals surface area contributed by atoms with Crippen LogP contribution in [0.4, 0.5) is 5.69 Å². The first-order chi connectivity index (χ1) is 17.8. The highest BCUT2D eigenvalue weighted by Crippen LogP contribution is 2.27. The summed E-state index contributed by atoms with van der Waals surface area (Å²) in [6, 6.07) is 16.1. The maximum atomic E-state index is 13.0. The van der Waals surface area contributed by atoms with Gasteiger partial charge in [0, 0.05) is 17.8 Å². The van der Waals surface area contributed by atoms with Crippen molar-refractivity contribution in [3.63, 3.8) is 0 Å². The van der Waals surface area contributed by atoms with E-state index < -0.39 is 0 Å². The normalized spacial score (nSPS) is 19.2. The number of anilines is 1. The lowest BCUT2D eigenvalue weighted by atomic mass is 9.87. The molecule has 37 heavy (non-hydrogen) atoms. The van der Waals surface area contributed by atoms with Gasteiger partial charge in [-0.25, -0.2) is 0 Å². The number of carbonyl (C=O) groups excluding carboxylic acids is 1. The van der Waals surface area contributed by atoms with Gasteiger partial charge in [0.05, 0.1) is 18.6 Å². The molecule has 0 radical (unpaired) electrons. The Labute approximate surface area is 219 Å². The lowest BCUT2D eigenvalue weighted by Crippen LogP contribution is -2.40. The van der Waals surface area contributed by atoms with E-state index in [1.165, 1.54) is 18.4 Å². The minimum atomic E-state index is -0.0736. The van der Waals surface area contributed by atoms with Gasteiger partial charge >= 0.3 is 0 Å². The topological polar surface area (TPSA) is 80.5 Å². The Morgan fingerprint density at radius 1 is 1.03 bits per heavy atom. The summed E-state index contributed by atoms with van der Waals surface area (Å²) < 4.78 is 11.6. The highest BCUT2D eigenvalue weighted by molar-refractivity contribution is 5.92. The number of likely N-dealkylation sites (tertiary alicyclic amines) is 1. The van der Waals surface area contributed by atoms with Crippen molar-refractivity contribution in [3.8, 4) is 17.1 Å². The van der Waals surface area contributed by atoms with Crippen molar-refractivity contribution in [3.05, 3.63) is 60.0 Å². The molecule has 1 amide bonds. The summed E-state index contributed by atoms with van der Waals surface area (Å²) in [6.07, 6.45) is 6.92. The molecule has 7 heteroatoms. The Hall–Kier alpha value is -3.19. The number of benzene rings is 2. The summed E-state index contributed by atoms with van der Waals surface area (Å²) in [6.45, 7) is 8.72. The van der Waals surface area contributed by atoms with Crippen molar-refractivity contribution < 1.29 is 14.1 Å². The molecule has 3 aromatic rings. The predicted octanol–water partition coefficient (Wildman–Crippen LogP) is 6.21. The molecule has 1 aliphatic heterocycles. The SMILES string of the molecule is CC(C)(C)c1ccc(-c2noc(CN3CCCC(C(=O)Nc4ccc(OC5CCCC5)cc4)C3)n2)cc1. The van der Waals surface area contributed by atoms with Gasteiger partial charge in [0.1, 0.15) is 5.75 Å². The van der Waals surface area contributed by atoms with Crippen LogP contribution in [0.15, 0.2) is 53.1 Å². The van der Waals surface area contributed by atoms with Crippen LogP contribution < -0.4 is 10.1 Å². The van der Waals surface area contributed by atoms with E-state index >= 15 is 0 Å². The summed E-state index contributed by atoms with van der Waals surface area (Å²) in [7, 11) is 0. The van der Waals surface area contributed by atoms with Crippen molar-refractivity contribution in [2.45, 2.75) is 77.4 Å². The number of nitrogens with one attached hydrogen (secondary N) is 1. The summed E-state index contributed by atoms with van der Waals surface area (Å²) in [4.78, 5) is 19.8. The van der Waals surface area contributed by atoms with Crippen LogP contribution in [0.1, 0.15) is 70.8 Å². The number of nitrogens with zero attached hydrogens (tertiary/aromatic N) is 3. The lowest BCUT2D eigenvalue weighted by Gasteiger charge is -2.30. The van der Waals surface area contributed by atoms with Gasteiger partial charge in [-0.3, -0.25) is 9.69 Å². The fourth-order valence-corrected chi connectivity index (χ4v) is 5.22. The Bertz CT molecular complexity index is 1170. The smallest absolute Gasteiger partial charge is 0.241 e. The summed E-state index contributed by atoms with van der Waals surface area (Å²) >= 11 is 0. The third-order valence-electron chi connectivity index (χ3n) is 7.44. The molecule has 1 aromatic heterocycles.